The van der Waals surface area contributed by atoms with Gasteiger partial charge in [0.25, 0.3) is 0 Å². The van der Waals surface area contributed by atoms with Gasteiger partial charge in [0, 0.05) is 18.9 Å². The van der Waals surface area contributed by atoms with Crippen molar-refractivity contribution in [1.82, 2.24) is 5.32 Å². The summed E-state index contributed by atoms with van der Waals surface area (Å²) in [4.78, 5) is 23.3. The van der Waals surface area contributed by atoms with Gasteiger partial charge in [-0.05, 0) is 50.4 Å². The molecule has 1 rings (SSSR count). The molecule has 0 aromatic carbocycles. The van der Waals surface area contributed by atoms with Crippen LogP contribution < -0.4 is 5.32 Å². The molecule has 4 nitrogen and oxygen atoms in total. The van der Waals surface area contributed by atoms with Crippen LogP contribution in [0, 0.1) is 17.3 Å². The van der Waals surface area contributed by atoms with Gasteiger partial charge in [0.2, 0.25) is 5.91 Å². The van der Waals surface area contributed by atoms with Gasteiger partial charge in [-0.3, -0.25) is 9.59 Å². The van der Waals surface area contributed by atoms with Crippen LogP contribution >= 0.6 is 0 Å². The van der Waals surface area contributed by atoms with Crippen molar-refractivity contribution < 1.29 is 14.3 Å². The Hall–Kier alpha value is -1.06. The highest BCUT2D eigenvalue weighted by Crippen LogP contribution is 2.39. The molecule has 0 radical (unpaired) electrons. The fourth-order valence-electron chi connectivity index (χ4n) is 3.04. The highest BCUT2D eigenvalue weighted by atomic mass is 16.5. The van der Waals surface area contributed by atoms with Gasteiger partial charge in [-0.25, -0.2) is 0 Å². The summed E-state index contributed by atoms with van der Waals surface area (Å²) in [6.07, 6.45) is 5.30. The van der Waals surface area contributed by atoms with Gasteiger partial charge < -0.3 is 10.1 Å². The van der Waals surface area contributed by atoms with Gasteiger partial charge in [0.05, 0.1) is 6.61 Å². The molecule has 1 saturated carbocycles. The van der Waals surface area contributed by atoms with Crippen molar-refractivity contribution in [3.8, 4) is 0 Å². The Labute approximate surface area is 129 Å². The molecule has 1 aliphatic rings. The minimum absolute atomic E-state index is 0.159. The zero-order chi connectivity index (χ0) is 15.9. The van der Waals surface area contributed by atoms with Crippen molar-refractivity contribution in [2.75, 3.05) is 13.2 Å². The fraction of sp³-hybridized carbons (Fsp3) is 0.882. The van der Waals surface area contributed by atoms with E-state index in [0.29, 0.717) is 31.4 Å². The SMILES string of the molecule is CCOC(=O)CCCNC(=O)C1CCC(C(C)(C)C)CC1. The van der Waals surface area contributed by atoms with Crippen LogP contribution in [-0.2, 0) is 14.3 Å². The molecule has 0 unspecified atom stereocenters. The largest absolute Gasteiger partial charge is 0.466 e. The summed E-state index contributed by atoms with van der Waals surface area (Å²) >= 11 is 0. The second kappa shape index (κ2) is 8.40. The van der Waals surface area contributed by atoms with Crippen molar-refractivity contribution >= 4 is 11.9 Å². The normalized spacial score (nSPS) is 22.7. The van der Waals surface area contributed by atoms with Crippen LogP contribution in [0.25, 0.3) is 0 Å². The number of hydrogen-bond acceptors (Lipinski definition) is 3. The Morgan fingerprint density at radius 2 is 1.76 bits per heavy atom. The zero-order valence-corrected chi connectivity index (χ0v) is 14.0. The van der Waals surface area contributed by atoms with E-state index >= 15 is 0 Å². The standard InChI is InChI=1S/C17H31NO3/c1-5-21-15(19)7-6-12-18-16(20)13-8-10-14(11-9-13)17(2,3)4/h13-14H,5-12H2,1-4H3,(H,18,20). The lowest BCUT2D eigenvalue weighted by Crippen LogP contribution is -2.35. The number of nitrogens with one attached hydrogen (secondary N) is 1. The highest BCUT2D eigenvalue weighted by molar-refractivity contribution is 5.78. The molecule has 1 amide bonds. The molecule has 0 aliphatic heterocycles. The van der Waals surface area contributed by atoms with Crippen LogP contribution in [0.4, 0.5) is 0 Å². The number of carbonyl (C=O) groups excluding carboxylic acids is 2. The van der Waals surface area contributed by atoms with Crippen molar-refractivity contribution in [2.24, 2.45) is 17.3 Å². The van der Waals surface area contributed by atoms with Crippen molar-refractivity contribution in [1.29, 1.82) is 0 Å². The van der Waals surface area contributed by atoms with E-state index in [1.54, 1.807) is 6.92 Å². The van der Waals surface area contributed by atoms with Crippen LogP contribution in [0.15, 0.2) is 0 Å². The van der Waals surface area contributed by atoms with Gasteiger partial charge in [-0.2, -0.15) is 0 Å². The molecule has 21 heavy (non-hydrogen) atoms. The number of amides is 1. The van der Waals surface area contributed by atoms with Crippen molar-refractivity contribution in [3.05, 3.63) is 0 Å². The van der Waals surface area contributed by atoms with E-state index in [0.717, 1.165) is 31.6 Å². The van der Waals surface area contributed by atoms with Gasteiger partial charge in [-0.15, -0.1) is 0 Å². The van der Waals surface area contributed by atoms with Crippen LogP contribution in [-0.4, -0.2) is 25.0 Å². The number of ether oxygens (including phenoxy) is 1. The maximum atomic E-state index is 12.1. The Morgan fingerprint density at radius 3 is 2.29 bits per heavy atom. The lowest BCUT2D eigenvalue weighted by molar-refractivity contribution is -0.143. The molecule has 0 aromatic heterocycles. The molecule has 122 valence electrons. The summed E-state index contributed by atoms with van der Waals surface area (Å²) < 4.78 is 4.86. The average molecular weight is 297 g/mol. The van der Waals surface area contributed by atoms with Crippen molar-refractivity contribution in [2.45, 2.75) is 66.2 Å². The monoisotopic (exact) mass is 297 g/mol. The third kappa shape index (κ3) is 6.49. The maximum Gasteiger partial charge on any atom is 0.305 e. The van der Waals surface area contributed by atoms with Crippen molar-refractivity contribution in [3.63, 3.8) is 0 Å². The van der Waals surface area contributed by atoms with Crippen LogP contribution in [0.5, 0.6) is 0 Å². The summed E-state index contributed by atoms with van der Waals surface area (Å²) in [6.45, 7) is 9.64. The molecule has 1 N–H and O–H groups in total. The van der Waals surface area contributed by atoms with E-state index in [1.165, 1.54) is 0 Å². The third-order valence-electron chi connectivity index (χ3n) is 4.48. The number of rotatable bonds is 6. The smallest absolute Gasteiger partial charge is 0.305 e. The minimum atomic E-state index is -0.183. The first-order chi connectivity index (χ1) is 9.84. The predicted molar refractivity (Wildman–Crippen MR) is 83.8 cm³/mol. The molecule has 0 atom stereocenters. The molecule has 0 heterocycles. The first kappa shape index (κ1) is 18.0. The molecule has 0 saturated heterocycles. The van der Waals surface area contributed by atoms with Gasteiger partial charge in [0.15, 0.2) is 0 Å². The first-order valence-corrected chi connectivity index (χ1v) is 8.28. The number of esters is 1. The van der Waals surface area contributed by atoms with Crippen LogP contribution in [0.3, 0.4) is 0 Å². The fourth-order valence-corrected chi connectivity index (χ4v) is 3.04. The van der Waals surface area contributed by atoms with E-state index in [2.05, 4.69) is 26.1 Å². The first-order valence-electron chi connectivity index (χ1n) is 8.28. The van der Waals surface area contributed by atoms with E-state index in [9.17, 15) is 9.59 Å². The molecule has 0 bridgehead atoms. The molecular formula is C17H31NO3. The van der Waals surface area contributed by atoms with Gasteiger partial charge >= 0.3 is 5.97 Å². The Kier molecular flexibility index (Phi) is 7.20. The number of hydrogen-bond donors (Lipinski definition) is 1. The number of carbonyl (C=O) groups is 2. The molecule has 1 fully saturated rings. The topological polar surface area (TPSA) is 55.4 Å². The lowest BCUT2D eigenvalue weighted by atomic mass is 9.69. The summed E-state index contributed by atoms with van der Waals surface area (Å²) in [5.41, 5.74) is 0.348. The average Bonchev–Trinajstić information content (AvgIpc) is 2.43. The zero-order valence-electron chi connectivity index (χ0n) is 14.0. The maximum absolute atomic E-state index is 12.1. The Bertz CT molecular complexity index is 338. The Balaban J connectivity index is 2.18. The second-order valence-electron chi connectivity index (χ2n) is 7.11. The van der Waals surface area contributed by atoms with Gasteiger partial charge in [0.1, 0.15) is 0 Å². The Morgan fingerprint density at radius 1 is 1.14 bits per heavy atom. The van der Waals surface area contributed by atoms with E-state index in [1.807, 2.05) is 0 Å². The summed E-state index contributed by atoms with van der Waals surface area (Å²) in [5, 5.41) is 2.96. The predicted octanol–water partition coefficient (Wildman–Crippen LogP) is 3.30. The highest BCUT2D eigenvalue weighted by Gasteiger charge is 2.32. The quantitative estimate of drug-likeness (QED) is 0.604. The minimum Gasteiger partial charge on any atom is -0.466 e. The molecule has 0 aromatic rings. The molecule has 4 heteroatoms. The summed E-state index contributed by atoms with van der Waals surface area (Å²) in [7, 11) is 0. The summed E-state index contributed by atoms with van der Waals surface area (Å²) in [5.74, 6) is 0.861. The molecule has 1 aliphatic carbocycles. The van der Waals surface area contributed by atoms with Crippen LogP contribution in [0.1, 0.15) is 66.2 Å². The molecule has 0 spiro atoms. The molecular weight excluding hydrogens is 266 g/mol. The van der Waals surface area contributed by atoms with Crippen LogP contribution in [0.2, 0.25) is 0 Å². The van der Waals surface area contributed by atoms with E-state index < -0.39 is 0 Å². The third-order valence-corrected chi connectivity index (χ3v) is 4.48. The summed E-state index contributed by atoms with van der Waals surface area (Å²) in [6, 6.07) is 0. The van der Waals surface area contributed by atoms with Gasteiger partial charge in [-0.1, -0.05) is 20.8 Å². The second-order valence-corrected chi connectivity index (χ2v) is 7.11. The van der Waals surface area contributed by atoms with E-state index in [-0.39, 0.29) is 17.8 Å². The lowest BCUT2D eigenvalue weighted by Gasteiger charge is -2.36. The van der Waals surface area contributed by atoms with E-state index in [4.69, 9.17) is 4.74 Å².